The van der Waals surface area contributed by atoms with Crippen LogP contribution in [0.2, 0.25) is 0 Å². The number of nitrogens with zero attached hydrogens (tertiary/aromatic N) is 1. The van der Waals surface area contributed by atoms with E-state index in [9.17, 15) is 18.9 Å². The second-order valence-electron chi connectivity index (χ2n) is 3.55. The van der Waals surface area contributed by atoms with E-state index in [4.69, 9.17) is 4.74 Å². The molecular weight excluding hydrogens is 324 g/mol. The summed E-state index contributed by atoms with van der Waals surface area (Å²) in [4.78, 5) is 10.1. The molecule has 2 rings (SSSR count). The summed E-state index contributed by atoms with van der Waals surface area (Å²) in [5.74, 6) is -1.26. The van der Waals surface area contributed by atoms with Gasteiger partial charge in [0.2, 0.25) is 5.75 Å². The van der Waals surface area contributed by atoms with E-state index >= 15 is 0 Å². The topological polar surface area (TPSA) is 52.4 Å². The van der Waals surface area contributed by atoms with Crippen LogP contribution in [-0.2, 0) is 0 Å². The highest BCUT2D eigenvalue weighted by atomic mass is 79.9. The van der Waals surface area contributed by atoms with Gasteiger partial charge in [0.25, 0.3) is 0 Å². The first-order valence-electron chi connectivity index (χ1n) is 5.04. The molecule has 4 nitrogen and oxygen atoms in total. The zero-order valence-electron chi connectivity index (χ0n) is 9.27. The molecule has 0 aliphatic heterocycles. The average molecular weight is 330 g/mol. The molecule has 0 saturated heterocycles. The Hall–Kier alpha value is -2.02. The number of nitro benzene ring substituents is 1. The molecule has 0 aliphatic rings. The highest BCUT2D eigenvalue weighted by Crippen LogP contribution is 2.33. The monoisotopic (exact) mass is 329 g/mol. The Kier molecular flexibility index (Phi) is 3.75. The fraction of sp³-hybridized carbons (Fsp3) is 0. The van der Waals surface area contributed by atoms with Crippen LogP contribution in [0.1, 0.15) is 0 Å². The maximum atomic E-state index is 13.1. The maximum Gasteiger partial charge on any atom is 0.311 e. The first-order valence-corrected chi connectivity index (χ1v) is 5.83. The van der Waals surface area contributed by atoms with Crippen LogP contribution in [-0.4, -0.2) is 4.92 Å². The Morgan fingerprint density at radius 1 is 1.16 bits per heavy atom. The zero-order chi connectivity index (χ0) is 14.0. The lowest BCUT2D eigenvalue weighted by molar-refractivity contribution is -0.385. The summed E-state index contributed by atoms with van der Waals surface area (Å²) in [6.07, 6.45) is 0. The first-order chi connectivity index (χ1) is 8.97. The van der Waals surface area contributed by atoms with Gasteiger partial charge in [0.15, 0.2) is 0 Å². The number of hydrogen-bond acceptors (Lipinski definition) is 3. The largest absolute Gasteiger partial charge is 0.450 e. The molecule has 98 valence electrons. The number of benzene rings is 2. The Morgan fingerprint density at radius 3 is 2.53 bits per heavy atom. The number of ether oxygens (including phenoxy) is 1. The van der Waals surface area contributed by atoms with Gasteiger partial charge < -0.3 is 4.74 Å². The SMILES string of the molecule is O=[N+]([O-])c1ccc(F)cc1Oc1ccc(F)c(Br)c1. The van der Waals surface area contributed by atoms with Crippen molar-refractivity contribution in [3.63, 3.8) is 0 Å². The molecule has 0 radical (unpaired) electrons. The van der Waals surface area contributed by atoms with Gasteiger partial charge >= 0.3 is 5.69 Å². The van der Waals surface area contributed by atoms with Crippen LogP contribution in [0.25, 0.3) is 0 Å². The van der Waals surface area contributed by atoms with Gasteiger partial charge in [-0.1, -0.05) is 0 Å². The molecular formula is C12H6BrF2NO3. The van der Waals surface area contributed by atoms with Crippen LogP contribution in [0.15, 0.2) is 40.9 Å². The lowest BCUT2D eigenvalue weighted by atomic mass is 10.3. The van der Waals surface area contributed by atoms with E-state index in [1.54, 1.807) is 0 Å². The molecule has 0 bridgehead atoms. The third kappa shape index (κ3) is 3.05. The van der Waals surface area contributed by atoms with Crippen molar-refractivity contribution in [2.24, 2.45) is 0 Å². The smallest absolute Gasteiger partial charge is 0.311 e. The minimum atomic E-state index is -0.687. The minimum Gasteiger partial charge on any atom is -0.450 e. The van der Waals surface area contributed by atoms with E-state index in [0.29, 0.717) is 0 Å². The van der Waals surface area contributed by atoms with Crippen LogP contribution in [0, 0.1) is 21.7 Å². The average Bonchev–Trinajstić information content (AvgIpc) is 2.33. The molecule has 0 aromatic heterocycles. The summed E-state index contributed by atoms with van der Waals surface area (Å²) < 4.78 is 31.5. The Balaban J connectivity index is 2.39. The molecule has 0 fully saturated rings. The minimum absolute atomic E-state index is 0.143. The van der Waals surface area contributed by atoms with E-state index in [1.165, 1.54) is 12.1 Å². The van der Waals surface area contributed by atoms with Gasteiger partial charge in [-0.2, -0.15) is 0 Å². The summed E-state index contributed by atoms with van der Waals surface area (Å²) in [5, 5.41) is 10.8. The quantitative estimate of drug-likeness (QED) is 0.618. The third-order valence-electron chi connectivity index (χ3n) is 2.24. The predicted molar refractivity (Wildman–Crippen MR) is 67.2 cm³/mol. The lowest BCUT2D eigenvalue weighted by Crippen LogP contribution is -1.94. The molecule has 2 aromatic rings. The Bertz CT molecular complexity index is 649. The Morgan fingerprint density at radius 2 is 1.89 bits per heavy atom. The van der Waals surface area contributed by atoms with Gasteiger partial charge in [0.05, 0.1) is 9.40 Å². The van der Waals surface area contributed by atoms with E-state index in [-0.39, 0.29) is 21.7 Å². The molecule has 0 aliphatic carbocycles. The van der Waals surface area contributed by atoms with Gasteiger partial charge in [-0.3, -0.25) is 10.1 Å². The van der Waals surface area contributed by atoms with Crippen molar-refractivity contribution in [2.45, 2.75) is 0 Å². The normalized spacial score (nSPS) is 10.3. The van der Waals surface area contributed by atoms with Crippen molar-refractivity contribution in [2.75, 3.05) is 0 Å². The lowest BCUT2D eigenvalue weighted by Gasteiger charge is -2.07. The van der Waals surface area contributed by atoms with Crippen LogP contribution in [0.3, 0.4) is 0 Å². The second kappa shape index (κ2) is 5.31. The van der Waals surface area contributed by atoms with Crippen molar-refractivity contribution >= 4 is 21.6 Å². The molecule has 19 heavy (non-hydrogen) atoms. The van der Waals surface area contributed by atoms with Crippen molar-refractivity contribution in [3.8, 4) is 11.5 Å². The van der Waals surface area contributed by atoms with Crippen LogP contribution >= 0.6 is 15.9 Å². The number of hydrogen-bond donors (Lipinski definition) is 0. The first kappa shape index (κ1) is 13.4. The fourth-order valence-corrected chi connectivity index (χ4v) is 1.75. The number of rotatable bonds is 3. The van der Waals surface area contributed by atoms with Crippen molar-refractivity contribution < 1.29 is 18.4 Å². The summed E-state index contributed by atoms with van der Waals surface area (Å²) in [7, 11) is 0. The molecule has 0 unspecified atom stereocenters. The van der Waals surface area contributed by atoms with Crippen molar-refractivity contribution in [3.05, 3.63) is 62.6 Å². The third-order valence-corrected chi connectivity index (χ3v) is 2.85. The van der Waals surface area contributed by atoms with E-state index < -0.39 is 16.6 Å². The summed E-state index contributed by atoms with van der Waals surface area (Å²) in [6.45, 7) is 0. The summed E-state index contributed by atoms with van der Waals surface area (Å²) in [5.41, 5.74) is -0.373. The Labute approximate surface area is 114 Å². The van der Waals surface area contributed by atoms with Crippen LogP contribution in [0.5, 0.6) is 11.5 Å². The zero-order valence-corrected chi connectivity index (χ0v) is 10.9. The van der Waals surface area contributed by atoms with Gasteiger partial charge in [-0.25, -0.2) is 8.78 Å². The standard InChI is InChI=1S/C12H6BrF2NO3/c13-9-6-8(2-3-10(9)15)19-12-5-7(14)1-4-11(12)16(17)18/h1-6H. The summed E-state index contributed by atoms with van der Waals surface area (Å²) in [6, 6.07) is 6.58. The molecule has 0 saturated carbocycles. The van der Waals surface area contributed by atoms with Gasteiger partial charge in [0.1, 0.15) is 17.4 Å². The summed E-state index contributed by atoms with van der Waals surface area (Å²) >= 11 is 2.96. The van der Waals surface area contributed by atoms with E-state index in [2.05, 4.69) is 15.9 Å². The van der Waals surface area contributed by atoms with Gasteiger partial charge in [0, 0.05) is 12.1 Å². The van der Waals surface area contributed by atoms with Gasteiger partial charge in [-0.15, -0.1) is 0 Å². The maximum absolute atomic E-state index is 13.1. The van der Waals surface area contributed by atoms with E-state index in [0.717, 1.165) is 24.3 Å². The van der Waals surface area contributed by atoms with Gasteiger partial charge in [-0.05, 0) is 40.2 Å². The fourth-order valence-electron chi connectivity index (χ4n) is 1.39. The molecule has 0 atom stereocenters. The molecule has 0 heterocycles. The highest BCUT2D eigenvalue weighted by molar-refractivity contribution is 9.10. The van der Waals surface area contributed by atoms with Crippen LogP contribution < -0.4 is 4.74 Å². The van der Waals surface area contributed by atoms with Crippen LogP contribution in [0.4, 0.5) is 14.5 Å². The van der Waals surface area contributed by atoms with Crippen molar-refractivity contribution in [1.82, 2.24) is 0 Å². The second-order valence-corrected chi connectivity index (χ2v) is 4.40. The molecule has 0 amide bonds. The molecule has 0 spiro atoms. The molecule has 2 aromatic carbocycles. The molecule has 0 N–H and O–H groups in total. The number of nitro groups is 1. The van der Waals surface area contributed by atoms with E-state index in [1.807, 2.05) is 0 Å². The predicted octanol–water partition coefficient (Wildman–Crippen LogP) is 4.43. The number of halogens is 3. The molecule has 7 heteroatoms. The highest BCUT2D eigenvalue weighted by Gasteiger charge is 2.17. The van der Waals surface area contributed by atoms with Crippen molar-refractivity contribution in [1.29, 1.82) is 0 Å².